The van der Waals surface area contributed by atoms with Crippen LogP contribution in [-0.4, -0.2) is 23.6 Å². The molecule has 5 nitrogen and oxygen atoms in total. The van der Waals surface area contributed by atoms with E-state index in [1.165, 1.54) is 0 Å². The second-order valence-electron chi connectivity index (χ2n) is 4.17. The van der Waals surface area contributed by atoms with E-state index < -0.39 is 0 Å². The zero-order valence-corrected chi connectivity index (χ0v) is 13.1. The lowest BCUT2D eigenvalue weighted by molar-refractivity contribution is 0.412. The predicted octanol–water partition coefficient (Wildman–Crippen LogP) is 3.81. The summed E-state index contributed by atoms with van der Waals surface area (Å²) in [6.45, 7) is 2.96. The Balaban J connectivity index is 2.11. The van der Waals surface area contributed by atoms with E-state index in [2.05, 4.69) is 43.5 Å². The van der Waals surface area contributed by atoms with Crippen LogP contribution in [0.1, 0.15) is 13.3 Å². The summed E-state index contributed by atoms with van der Waals surface area (Å²) in [6.07, 6.45) is 2.76. The molecule has 0 spiro atoms. The molecule has 0 unspecified atom stereocenters. The molecular formula is C14H17BrN4O. The molecule has 2 rings (SSSR count). The molecule has 106 valence electrons. The van der Waals surface area contributed by atoms with Gasteiger partial charge in [-0.25, -0.2) is 4.98 Å². The van der Waals surface area contributed by atoms with Gasteiger partial charge >= 0.3 is 0 Å². The van der Waals surface area contributed by atoms with E-state index >= 15 is 0 Å². The lowest BCUT2D eigenvalue weighted by Gasteiger charge is -2.09. The Hall–Kier alpha value is -1.82. The Morgan fingerprint density at radius 3 is 2.85 bits per heavy atom. The van der Waals surface area contributed by atoms with Crippen molar-refractivity contribution in [1.82, 2.24) is 9.97 Å². The quantitative estimate of drug-likeness (QED) is 0.839. The molecule has 0 aliphatic heterocycles. The summed E-state index contributed by atoms with van der Waals surface area (Å²) in [5, 5.41) is 6.39. The van der Waals surface area contributed by atoms with Gasteiger partial charge < -0.3 is 15.4 Å². The molecule has 0 saturated heterocycles. The molecule has 0 radical (unpaired) electrons. The van der Waals surface area contributed by atoms with Gasteiger partial charge in [0.1, 0.15) is 11.6 Å². The summed E-state index contributed by atoms with van der Waals surface area (Å²) in [6, 6.07) is 7.60. The molecular weight excluding hydrogens is 320 g/mol. The summed E-state index contributed by atoms with van der Waals surface area (Å²) in [4.78, 5) is 8.57. The first kappa shape index (κ1) is 14.6. The molecule has 0 fully saturated rings. The average Bonchev–Trinajstić information content (AvgIpc) is 2.46. The Labute approximate surface area is 126 Å². The fraction of sp³-hybridized carbons (Fsp3) is 0.286. The van der Waals surface area contributed by atoms with Crippen LogP contribution in [0.4, 0.5) is 17.5 Å². The SMILES string of the molecule is CCCNc1nccc(Nc2ccc(OC)c(Br)c2)n1. The third kappa shape index (κ3) is 3.84. The summed E-state index contributed by atoms with van der Waals surface area (Å²) in [5.74, 6) is 2.17. The van der Waals surface area contributed by atoms with Crippen LogP contribution in [0.3, 0.4) is 0 Å². The Morgan fingerprint density at radius 1 is 1.30 bits per heavy atom. The van der Waals surface area contributed by atoms with Gasteiger partial charge in [-0.2, -0.15) is 4.98 Å². The number of rotatable bonds is 6. The third-order valence-corrected chi connectivity index (χ3v) is 3.23. The van der Waals surface area contributed by atoms with Crippen molar-refractivity contribution in [2.24, 2.45) is 0 Å². The van der Waals surface area contributed by atoms with Crippen LogP contribution < -0.4 is 15.4 Å². The molecule has 2 aromatic rings. The van der Waals surface area contributed by atoms with Gasteiger partial charge in [0.15, 0.2) is 0 Å². The van der Waals surface area contributed by atoms with Crippen molar-refractivity contribution in [3.63, 3.8) is 0 Å². The predicted molar refractivity (Wildman–Crippen MR) is 84.8 cm³/mol. The van der Waals surface area contributed by atoms with Gasteiger partial charge in [0.05, 0.1) is 11.6 Å². The summed E-state index contributed by atoms with van der Waals surface area (Å²) >= 11 is 3.46. The molecule has 0 saturated carbocycles. The van der Waals surface area contributed by atoms with Crippen molar-refractivity contribution < 1.29 is 4.74 Å². The normalized spacial score (nSPS) is 10.2. The molecule has 0 amide bonds. The summed E-state index contributed by atoms with van der Waals surface area (Å²) in [7, 11) is 1.64. The van der Waals surface area contributed by atoms with Gasteiger partial charge in [-0.1, -0.05) is 6.92 Å². The molecule has 1 aromatic carbocycles. The van der Waals surface area contributed by atoms with Crippen LogP contribution in [0.25, 0.3) is 0 Å². The number of ether oxygens (including phenoxy) is 1. The second-order valence-corrected chi connectivity index (χ2v) is 5.02. The first-order valence-electron chi connectivity index (χ1n) is 6.40. The van der Waals surface area contributed by atoms with Gasteiger partial charge in [0, 0.05) is 18.4 Å². The highest BCUT2D eigenvalue weighted by Crippen LogP contribution is 2.28. The highest BCUT2D eigenvalue weighted by Gasteiger charge is 2.03. The standard InChI is InChI=1S/C14H17BrN4O/c1-3-7-16-14-17-8-6-13(19-14)18-10-4-5-12(20-2)11(15)9-10/h4-6,8-9H,3,7H2,1-2H3,(H2,16,17,18,19). The van der Waals surface area contributed by atoms with Crippen molar-refractivity contribution in [1.29, 1.82) is 0 Å². The summed E-state index contributed by atoms with van der Waals surface area (Å²) in [5.41, 5.74) is 0.929. The van der Waals surface area contributed by atoms with Gasteiger partial charge in [-0.3, -0.25) is 0 Å². The molecule has 0 bridgehead atoms. The van der Waals surface area contributed by atoms with E-state index in [0.29, 0.717) is 5.95 Å². The van der Waals surface area contributed by atoms with Crippen LogP contribution in [0.5, 0.6) is 5.75 Å². The number of nitrogens with zero attached hydrogens (tertiary/aromatic N) is 2. The highest BCUT2D eigenvalue weighted by atomic mass is 79.9. The highest BCUT2D eigenvalue weighted by molar-refractivity contribution is 9.10. The minimum Gasteiger partial charge on any atom is -0.496 e. The lowest BCUT2D eigenvalue weighted by Crippen LogP contribution is -2.05. The fourth-order valence-corrected chi connectivity index (χ4v) is 2.18. The van der Waals surface area contributed by atoms with Crippen LogP contribution in [0.2, 0.25) is 0 Å². The van der Waals surface area contributed by atoms with Crippen molar-refractivity contribution in [2.45, 2.75) is 13.3 Å². The Kier molecular flexibility index (Phi) is 5.17. The van der Waals surface area contributed by atoms with Crippen molar-refractivity contribution in [3.8, 4) is 5.75 Å². The minimum absolute atomic E-state index is 0.629. The first-order chi connectivity index (χ1) is 9.72. The summed E-state index contributed by atoms with van der Waals surface area (Å²) < 4.78 is 6.10. The monoisotopic (exact) mass is 336 g/mol. The maximum atomic E-state index is 5.20. The Morgan fingerprint density at radius 2 is 2.15 bits per heavy atom. The van der Waals surface area contributed by atoms with Crippen molar-refractivity contribution >= 4 is 33.4 Å². The number of hydrogen-bond donors (Lipinski definition) is 2. The number of benzene rings is 1. The van der Waals surface area contributed by atoms with E-state index in [4.69, 9.17) is 4.74 Å². The van der Waals surface area contributed by atoms with E-state index in [-0.39, 0.29) is 0 Å². The Bertz CT molecular complexity index is 577. The van der Waals surface area contributed by atoms with E-state index in [1.54, 1.807) is 13.3 Å². The topological polar surface area (TPSA) is 59.1 Å². The smallest absolute Gasteiger partial charge is 0.224 e. The van der Waals surface area contributed by atoms with Gasteiger partial charge in [0.2, 0.25) is 5.95 Å². The van der Waals surface area contributed by atoms with E-state index in [9.17, 15) is 0 Å². The molecule has 1 heterocycles. The maximum absolute atomic E-state index is 5.20. The fourth-order valence-electron chi connectivity index (χ4n) is 1.64. The zero-order chi connectivity index (χ0) is 14.4. The second kappa shape index (κ2) is 7.09. The third-order valence-electron chi connectivity index (χ3n) is 2.61. The number of hydrogen-bond acceptors (Lipinski definition) is 5. The number of aromatic nitrogens is 2. The molecule has 1 aromatic heterocycles. The van der Waals surface area contributed by atoms with Crippen LogP contribution >= 0.6 is 15.9 Å². The minimum atomic E-state index is 0.629. The van der Waals surface area contributed by atoms with Crippen molar-refractivity contribution in [3.05, 3.63) is 34.9 Å². The molecule has 2 N–H and O–H groups in total. The van der Waals surface area contributed by atoms with Crippen LogP contribution in [0, 0.1) is 0 Å². The number of nitrogens with one attached hydrogen (secondary N) is 2. The van der Waals surface area contributed by atoms with E-state index in [1.807, 2.05) is 24.3 Å². The molecule has 20 heavy (non-hydrogen) atoms. The first-order valence-corrected chi connectivity index (χ1v) is 7.19. The van der Waals surface area contributed by atoms with Gasteiger partial charge in [-0.05, 0) is 46.6 Å². The van der Waals surface area contributed by atoms with Gasteiger partial charge in [0.25, 0.3) is 0 Å². The lowest BCUT2D eigenvalue weighted by atomic mass is 10.3. The molecule has 6 heteroatoms. The largest absolute Gasteiger partial charge is 0.496 e. The number of methoxy groups -OCH3 is 1. The molecule has 0 aliphatic rings. The van der Waals surface area contributed by atoms with Crippen LogP contribution in [0.15, 0.2) is 34.9 Å². The number of halogens is 1. The zero-order valence-electron chi connectivity index (χ0n) is 11.5. The van der Waals surface area contributed by atoms with Crippen molar-refractivity contribution in [2.75, 3.05) is 24.3 Å². The van der Waals surface area contributed by atoms with Crippen LogP contribution in [-0.2, 0) is 0 Å². The number of anilines is 3. The average molecular weight is 337 g/mol. The van der Waals surface area contributed by atoms with Gasteiger partial charge in [-0.15, -0.1) is 0 Å². The molecule has 0 aliphatic carbocycles. The van der Waals surface area contributed by atoms with E-state index in [0.717, 1.165) is 34.7 Å². The maximum Gasteiger partial charge on any atom is 0.224 e. The molecule has 0 atom stereocenters.